The normalized spacial score (nSPS) is 10.9. The van der Waals surface area contributed by atoms with Crippen molar-refractivity contribution in [2.24, 2.45) is 5.10 Å². The van der Waals surface area contributed by atoms with Crippen LogP contribution in [0.5, 0.6) is 0 Å². The quantitative estimate of drug-likeness (QED) is 0.460. The van der Waals surface area contributed by atoms with Gasteiger partial charge in [-0.25, -0.2) is 5.43 Å². The van der Waals surface area contributed by atoms with Crippen LogP contribution in [0.1, 0.15) is 11.1 Å². The second kappa shape index (κ2) is 8.97. The highest BCUT2D eigenvalue weighted by Gasteiger charge is 2.03. The number of allylic oxidation sites excluding steroid dienone is 1. The molecule has 0 saturated heterocycles. The number of aryl methyl sites for hydroxylation is 1. The minimum atomic E-state index is -0.452. The lowest BCUT2D eigenvalue weighted by Gasteiger charge is -2.05. The van der Waals surface area contributed by atoms with E-state index in [0.29, 0.717) is 5.56 Å². The number of non-ortho nitro benzene ring substituents is 1. The Morgan fingerprint density at radius 2 is 2.04 bits per heavy atom. The molecule has 0 bridgehead atoms. The maximum absolute atomic E-state index is 11.7. The van der Waals surface area contributed by atoms with Gasteiger partial charge in [0.05, 0.1) is 11.5 Å². The average molecular weight is 338 g/mol. The van der Waals surface area contributed by atoms with Crippen LogP contribution < -0.4 is 10.7 Å². The Morgan fingerprint density at radius 3 is 2.80 bits per heavy atom. The molecule has 0 saturated carbocycles. The lowest BCUT2D eigenvalue weighted by Crippen LogP contribution is -2.25. The van der Waals surface area contributed by atoms with E-state index in [4.69, 9.17) is 0 Å². The van der Waals surface area contributed by atoms with Crippen LogP contribution in [0.2, 0.25) is 0 Å². The standard InChI is InChI=1S/C18H18N4O3/c1-14-5-2-8-16(11-14)19-13-18(23)21-20-10-4-7-15-6-3-9-17(12-15)22(24)25/h2-12,19H,13H2,1H3,(H,21,23)/b7-4+,20-10+. The minimum Gasteiger partial charge on any atom is -0.376 e. The van der Waals surface area contributed by atoms with E-state index in [2.05, 4.69) is 15.8 Å². The smallest absolute Gasteiger partial charge is 0.270 e. The molecule has 2 rings (SSSR count). The SMILES string of the molecule is Cc1cccc(NCC(=O)N/N=C/C=C/c2cccc([N+](=O)[O-])c2)c1. The predicted molar refractivity (Wildman–Crippen MR) is 98.4 cm³/mol. The second-order valence-corrected chi connectivity index (χ2v) is 5.25. The van der Waals surface area contributed by atoms with Crippen molar-refractivity contribution in [2.75, 3.05) is 11.9 Å². The number of nitrogens with zero attached hydrogens (tertiary/aromatic N) is 2. The number of amides is 1. The van der Waals surface area contributed by atoms with Gasteiger partial charge >= 0.3 is 0 Å². The zero-order valence-electron chi connectivity index (χ0n) is 13.7. The minimum absolute atomic E-state index is 0.0228. The van der Waals surface area contributed by atoms with Gasteiger partial charge < -0.3 is 5.32 Å². The summed E-state index contributed by atoms with van der Waals surface area (Å²) in [5, 5.41) is 17.5. The lowest BCUT2D eigenvalue weighted by atomic mass is 10.2. The number of benzene rings is 2. The molecule has 2 aromatic carbocycles. The monoisotopic (exact) mass is 338 g/mol. The highest BCUT2D eigenvalue weighted by atomic mass is 16.6. The highest BCUT2D eigenvalue weighted by molar-refractivity contribution is 5.83. The van der Waals surface area contributed by atoms with Gasteiger partial charge in [-0.1, -0.05) is 30.3 Å². The molecule has 2 N–H and O–H groups in total. The Balaban J connectivity index is 1.77. The number of hydrazone groups is 1. The third-order valence-electron chi connectivity index (χ3n) is 3.19. The lowest BCUT2D eigenvalue weighted by molar-refractivity contribution is -0.384. The fourth-order valence-electron chi connectivity index (χ4n) is 2.03. The van der Waals surface area contributed by atoms with Gasteiger partial charge in [0.2, 0.25) is 0 Å². The van der Waals surface area contributed by atoms with E-state index in [-0.39, 0.29) is 18.1 Å². The van der Waals surface area contributed by atoms with Gasteiger partial charge in [0, 0.05) is 24.0 Å². The average Bonchev–Trinajstić information content (AvgIpc) is 2.60. The van der Waals surface area contributed by atoms with E-state index < -0.39 is 4.92 Å². The van der Waals surface area contributed by atoms with Crippen LogP contribution in [0.3, 0.4) is 0 Å². The molecule has 0 unspecified atom stereocenters. The molecule has 0 aliphatic carbocycles. The van der Waals surface area contributed by atoms with Gasteiger partial charge in [-0.3, -0.25) is 14.9 Å². The molecule has 25 heavy (non-hydrogen) atoms. The molecule has 7 nitrogen and oxygen atoms in total. The first-order chi connectivity index (χ1) is 12.0. The Labute approximate surface area is 145 Å². The van der Waals surface area contributed by atoms with Crippen molar-refractivity contribution in [3.8, 4) is 0 Å². The molecule has 0 aliphatic rings. The summed E-state index contributed by atoms with van der Waals surface area (Å²) in [6.45, 7) is 2.08. The van der Waals surface area contributed by atoms with Gasteiger partial charge in [-0.15, -0.1) is 0 Å². The molecule has 7 heteroatoms. The third kappa shape index (κ3) is 6.26. The first kappa shape index (κ1) is 17.9. The van der Waals surface area contributed by atoms with Crippen molar-refractivity contribution in [2.45, 2.75) is 6.92 Å². The van der Waals surface area contributed by atoms with Crippen LogP contribution >= 0.6 is 0 Å². The Kier molecular flexibility index (Phi) is 6.41. The van der Waals surface area contributed by atoms with Crippen LogP contribution in [0.4, 0.5) is 11.4 Å². The van der Waals surface area contributed by atoms with Crippen LogP contribution in [-0.4, -0.2) is 23.6 Å². The van der Waals surface area contributed by atoms with Crippen molar-refractivity contribution in [1.29, 1.82) is 0 Å². The van der Waals surface area contributed by atoms with Crippen LogP contribution in [0.25, 0.3) is 6.08 Å². The fourth-order valence-corrected chi connectivity index (χ4v) is 2.03. The molecule has 2 aromatic rings. The molecular weight excluding hydrogens is 320 g/mol. The van der Waals surface area contributed by atoms with E-state index >= 15 is 0 Å². The topological polar surface area (TPSA) is 96.6 Å². The first-order valence-electron chi connectivity index (χ1n) is 7.58. The summed E-state index contributed by atoms with van der Waals surface area (Å²) in [5.74, 6) is -0.276. The highest BCUT2D eigenvalue weighted by Crippen LogP contribution is 2.13. The molecule has 128 valence electrons. The molecule has 0 radical (unpaired) electrons. The zero-order valence-corrected chi connectivity index (χ0v) is 13.7. The van der Waals surface area contributed by atoms with Gasteiger partial charge in [0.15, 0.2) is 0 Å². The summed E-state index contributed by atoms with van der Waals surface area (Å²) >= 11 is 0. The summed E-state index contributed by atoms with van der Waals surface area (Å²) in [6.07, 6.45) is 4.66. The first-order valence-corrected chi connectivity index (χ1v) is 7.58. The van der Waals surface area contributed by atoms with E-state index in [1.807, 2.05) is 31.2 Å². The number of anilines is 1. The van der Waals surface area contributed by atoms with Crippen molar-refractivity contribution < 1.29 is 9.72 Å². The molecule has 0 fully saturated rings. The van der Waals surface area contributed by atoms with E-state index in [0.717, 1.165) is 11.3 Å². The number of hydrogen-bond donors (Lipinski definition) is 2. The summed E-state index contributed by atoms with van der Waals surface area (Å²) in [4.78, 5) is 21.9. The van der Waals surface area contributed by atoms with Crippen LogP contribution in [-0.2, 0) is 4.79 Å². The van der Waals surface area contributed by atoms with E-state index in [1.54, 1.807) is 24.3 Å². The molecule has 1 amide bonds. The Morgan fingerprint density at radius 1 is 1.24 bits per heavy atom. The third-order valence-corrected chi connectivity index (χ3v) is 3.19. The Hall–Kier alpha value is -3.48. The number of carbonyl (C=O) groups is 1. The van der Waals surface area contributed by atoms with Gasteiger partial charge in [0.25, 0.3) is 11.6 Å². The summed E-state index contributed by atoms with van der Waals surface area (Å²) in [5.41, 5.74) is 5.06. The largest absolute Gasteiger partial charge is 0.376 e. The van der Waals surface area contributed by atoms with Crippen molar-refractivity contribution in [3.05, 3.63) is 75.8 Å². The summed E-state index contributed by atoms with van der Waals surface area (Å²) < 4.78 is 0. The molecular formula is C18H18N4O3. The predicted octanol–water partition coefficient (Wildman–Crippen LogP) is 3.13. The molecule has 0 aromatic heterocycles. The number of nitro groups is 1. The molecule has 0 aliphatic heterocycles. The second-order valence-electron chi connectivity index (χ2n) is 5.25. The summed E-state index contributed by atoms with van der Waals surface area (Å²) in [7, 11) is 0. The van der Waals surface area contributed by atoms with Gasteiger partial charge in [0.1, 0.15) is 0 Å². The van der Waals surface area contributed by atoms with Gasteiger partial charge in [-0.05, 0) is 36.3 Å². The van der Waals surface area contributed by atoms with Crippen molar-refractivity contribution in [1.82, 2.24) is 5.43 Å². The van der Waals surface area contributed by atoms with Crippen LogP contribution in [0.15, 0.2) is 59.7 Å². The fraction of sp³-hybridized carbons (Fsp3) is 0.111. The maximum Gasteiger partial charge on any atom is 0.270 e. The molecule has 0 heterocycles. The summed E-state index contributed by atoms with van der Waals surface area (Å²) in [6, 6.07) is 13.9. The number of rotatable bonds is 7. The maximum atomic E-state index is 11.7. The zero-order chi connectivity index (χ0) is 18.1. The number of nitrogens with one attached hydrogen (secondary N) is 2. The van der Waals surface area contributed by atoms with Gasteiger partial charge in [-0.2, -0.15) is 5.10 Å². The molecule has 0 atom stereocenters. The number of carbonyl (C=O) groups excluding carboxylic acids is 1. The van der Waals surface area contributed by atoms with Crippen LogP contribution in [0, 0.1) is 17.0 Å². The number of hydrogen-bond acceptors (Lipinski definition) is 5. The Bertz CT molecular complexity index is 815. The number of nitro benzene ring substituents is 1. The van der Waals surface area contributed by atoms with E-state index in [9.17, 15) is 14.9 Å². The molecule has 0 spiro atoms. The van der Waals surface area contributed by atoms with Crippen molar-refractivity contribution >= 4 is 29.6 Å². The van der Waals surface area contributed by atoms with E-state index in [1.165, 1.54) is 18.3 Å². The van der Waals surface area contributed by atoms with Crippen molar-refractivity contribution in [3.63, 3.8) is 0 Å².